The van der Waals surface area contributed by atoms with E-state index < -0.39 is 12.1 Å². The maximum absolute atomic E-state index is 12.3. The maximum atomic E-state index is 12.3. The molecule has 0 aromatic carbocycles. The molecule has 0 radical (unpaired) electrons. The van der Waals surface area contributed by atoms with Crippen molar-refractivity contribution in [2.24, 2.45) is 5.92 Å². The van der Waals surface area contributed by atoms with E-state index in [1.54, 1.807) is 0 Å². The van der Waals surface area contributed by atoms with Crippen LogP contribution in [0.3, 0.4) is 0 Å². The molecule has 0 N–H and O–H groups in total. The van der Waals surface area contributed by atoms with Gasteiger partial charge in [-0.3, -0.25) is 14.5 Å². The number of alkyl halides is 3. The molecule has 2 fully saturated rings. The predicted octanol–water partition coefficient (Wildman–Crippen LogP) is 1.82. The van der Waals surface area contributed by atoms with Crippen molar-refractivity contribution in [1.82, 2.24) is 9.80 Å². The Bertz CT molecular complexity index is 415. The van der Waals surface area contributed by atoms with Crippen molar-refractivity contribution in [2.45, 2.75) is 38.3 Å². The minimum absolute atomic E-state index is 0.00463. The van der Waals surface area contributed by atoms with Crippen LogP contribution in [0.25, 0.3) is 0 Å². The topological polar surface area (TPSA) is 49.9 Å². The van der Waals surface area contributed by atoms with Crippen LogP contribution < -0.4 is 0 Å². The molecule has 1 aliphatic carbocycles. The minimum atomic E-state index is -4.81. The number of halogens is 3. The second-order valence-electron chi connectivity index (χ2n) is 6.13. The van der Waals surface area contributed by atoms with Gasteiger partial charge in [-0.1, -0.05) is 19.3 Å². The van der Waals surface area contributed by atoms with Gasteiger partial charge in [0.2, 0.25) is 0 Å². The van der Waals surface area contributed by atoms with Gasteiger partial charge in [0, 0.05) is 32.7 Å². The molecular weight excluding hydrogens is 313 g/mol. The highest BCUT2D eigenvalue weighted by molar-refractivity contribution is 5.81. The molecule has 1 saturated heterocycles. The zero-order chi connectivity index (χ0) is 16.9. The van der Waals surface area contributed by atoms with Crippen LogP contribution in [0.1, 0.15) is 32.1 Å². The molecule has 1 amide bonds. The van der Waals surface area contributed by atoms with Crippen molar-refractivity contribution in [3.8, 4) is 0 Å². The van der Waals surface area contributed by atoms with Crippen LogP contribution in [-0.2, 0) is 14.3 Å². The lowest BCUT2D eigenvalue weighted by molar-refractivity contribution is -0.187. The summed E-state index contributed by atoms with van der Waals surface area (Å²) in [6, 6.07) is 0. The van der Waals surface area contributed by atoms with E-state index in [-0.39, 0.29) is 31.6 Å². The first kappa shape index (κ1) is 18.0. The van der Waals surface area contributed by atoms with Crippen molar-refractivity contribution in [2.75, 3.05) is 39.3 Å². The molecule has 0 aromatic rings. The molecule has 1 saturated carbocycles. The van der Waals surface area contributed by atoms with E-state index in [0.717, 1.165) is 30.6 Å². The van der Waals surface area contributed by atoms with Gasteiger partial charge in [-0.15, -0.1) is 0 Å². The van der Waals surface area contributed by atoms with Gasteiger partial charge in [0.05, 0.1) is 5.92 Å². The first-order chi connectivity index (χ1) is 10.9. The number of amides is 1. The van der Waals surface area contributed by atoms with Crippen molar-refractivity contribution in [3.05, 3.63) is 0 Å². The van der Waals surface area contributed by atoms with Crippen LogP contribution in [0.2, 0.25) is 0 Å². The Labute approximate surface area is 133 Å². The number of carbonyl (C=O) groups is 2. The Balaban J connectivity index is 1.63. The number of piperazine rings is 1. The molecule has 2 aliphatic rings. The number of esters is 1. The van der Waals surface area contributed by atoms with Crippen molar-refractivity contribution >= 4 is 11.9 Å². The van der Waals surface area contributed by atoms with E-state index >= 15 is 0 Å². The molecule has 1 aliphatic heterocycles. The van der Waals surface area contributed by atoms with Gasteiger partial charge < -0.3 is 9.64 Å². The second-order valence-corrected chi connectivity index (χ2v) is 6.13. The van der Waals surface area contributed by atoms with Crippen molar-refractivity contribution in [1.29, 1.82) is 0 Å². The molecule has 0 atom stereocenters. The Hall–Kier alpha value is -1.31. The maximum Gasteiger partial charge on any atom is 0.471 e. The fourth-order valence-electron chi connectivity index (χ4n) is 3.09. The molecule has 1 heterocycles. The Morgan fingerprint density at radius 2 is 1.61 bits per heavy atom. The molecule has 5 nitrogen and oxygen atoms in total. The lowest BCUT2D eigenvalue weighted by Gasteiger charge is -2.34. The highest BCUT2D eigenvalue weighted by Gasteiger charge is 2.43. The molecule has 23 heavy (non-hydrogen) atoms. The smallest absolute Gasteiger partial charge is 0.464 e. The molecule has 132 valence electrons. The number of hydrogen-bond acceptors (Lipinski definition) is 4. The molecule has 0 bridgehead atoms. The summed E-state index contributed by atoms with van der Waals surface area (Å²) in [4.78, 5) is 25.7. The third kappa shape index (κ3) is 5.37. The number of ether oxygens (including phenoxy) is 1. The SMILES string of the molecule is O=C(OCCN1CCN(C(=O)C(F)(F)F)CC1)C1CCCCC1. The van der Waals surface area contributed by atoms with Crippen LogP contribution in [-0.4, -0.2) is 67.2 Å². The van der Waals surface area contributed by atoms with Gasteiger partial charge in [-0.2, -0.15) is 13.2 Å². The molecular formula is C15H23F3N2O3. The summed E-state index contributed by atoms with van der Waals surface area (Å²) in [6.45, 7) is 1.57. The van der Waals surface area contributed by atoms with E-state index in [0.29, 0.717) is 19.6 Å². The molecule has 8 heteroatoms. The average Bonchev–Trinajstić information content (AvgIpc) is 2.54. The average molecular weight is 336 g/mol. The fourth-order valence-corrected chi connectivity index (χ4v) is 3.09. The standard InChI is InChI=1S/C15H23F3N2O3/c16-15(17,18)14(22)20-8-6-19(7-9-20)10-11-23-13(21)12-4-2-1-3-5-12/h12H,1-11H2. The Morgan fingerprint density at radius 3 is 2.17 bits per heavy atom. The van der Waals surface area contributed by atoms with Crippen LogP contribution in [0.4, 0.5) is 13.2 Å². The van der Waals surface area contributed by atoms with E-state index in [1.165, 1.54) is 6.42 Å². The normalized spacial score (nSPS) is 21.3. The summed E-state index contributed by atoms with van der Waals surface area (Å²) >= 11 is 0. The van der Waals surface area contributed by atoms with Crippen LogP contribution in [0, 0.1) is 5.92 Å². The minimum Gasteiger partial charge on any atom is -0.464 e. The Kier molecular flexibility index (Phi) is 6.26. The molecule has 0 aromatic heterocycles. The highest BCUT2D eigenvalue weighted by atomic mass is 19.4. The van der Waals surface area contributed by atoms with Gasteiger partial charge in [-0.05, 0) is 12.8 Å². The second kappa shape index (κ2) is 7.99. The third-order valence-electron chi connectivity index (χ3n) is 4.49. The van der Waals surface area contributed by atoms with Crippen LogP contribution >= 0.6 is 0 Å². The van der Waals surface area contributed by atoms with Crippen molar-refractivity contribution < 1.29 is 27.5 Å². The van der Waals surface area contributed by atoms with Gasteiger partial charge in [0.1, 0.15) is 6.61 Å². The van der Waals surface area contributed by atoms with Crippen LogP contribution in [0.5, 0.6) is 0 Å². The first-order valence-corrected chi connectivity index (χ1v) is 8.13. The van der Waals surface area contributed by atoms with Crippen LogP contribution in [0.15, 0.2) is 0 Å². The third-order valence-corrected chi connectivity index (χ3v) is 4.49. The summed E-state index contributed by atoms with van der Waals surface area (Å²) in [7, 11) is 0. The highest BCUT2D eigenvalue weighted by Crippen LogP contribution is 2.24. The van der Waals surface area contributed by atoms with Gasteiger partial charge in [-0.25, -0.2) is 0 Å². The van der Waals surface area contributed by atoms with E-state index in [9.17, 15) is 22.8 Å². The summed E-state index contributed by atoms with van der Waals surface area (Å²) in [5, 5.41) is 0. The Morgan fingerprint density at radius 1 is 1.00 bits per heavy atom. The zero-order valence-corrected chi connectivity index (χ0v) is 13.1. The van der Waals surface area contributed by atoms with Gasteiger partial charge in [0.15, 0.2) is 0 Å². The summed E-state index contributed by atoms with van der Waals surface area (Å²) < 4.78 is 42.3. The first-order valence-electron chi connectivity index (χ1n) is 8.13. The fraction of sp³-hybridized carbons (Fsp3) is 0.867. The van der Waals surface area contributed by atoms with Gasteiger partial charge >= 0.3 is 18.1 Å². The van der Waals surface area contributed by atoms with E-state index in [1.807, 2.05) is 4.90 Å². The lowest BCUT2D eigenvalue weighted by Crippen LogP contribution is -2.52. The number of carbonyl (C=O) groups excluding carboxylic acids is 2. The summed E-state index contributed by atoms with van der Waals surface area (Å²) in [6.07, 6.45) is 0.264. The van der Waals surface area contributed by atoms with Crippen molar-refractivity contribution in [3.63, 3.8) is 0 Å². The molecule has 0 spiro atoms. The largest absolute Gasteiger partial charge is 0.471 e. The quantitative estimate of drug-likeness (QED) is 0.735. The van der Waals surface area contributed by atoms with Gasteiger partial charge in [0.25, 0.3) is 0 Å². The molecule has 2 rings (SSSR count). The summed E-state index contributed by atoms with van der Waals surface area (Å²) in [5.74, 6) is -1.93. The van der Waals surface area contributed by atoms with E-state index in [2.05, 4.69) is 0 Å². The zero-order valence-electron chi connectivity index (χ0n) is 13.1. The predicted molar refractivity (Wildman–Crippen MR) is 76.6 cm³/mol. The number of hydrogen-bond donors (Lipinski definition) is 0. The monoisotopic (exact) mass is 336 g/mol. The van der Waals surface area contributed by atoms with E-state index in [4.69, 9.17) is 4.74 Å². The number of rotatable bonds is 4. The lowest BCUT2D eigenvalue weighted by atomic mass is 9.89. The summed E-state index contributed by atoms with van der Waals surface area (Å²) in [5.41, 5.74) is 0. The number of nitrogens with zero attached hydrogens (tertiary/aromatic N) is 2. The molecule has 0 unspecified atom stereocenters.